The van der Waals surface area contributed by atoms with E-state index in [1.807, 2.05) is 33.8 Å². The molecule has 0 radical (unpaired) electrons. The van der Waals surface area contributed by atoms with Crippen molar-refractivity contribution < 1.29 is 18.8 Å². The van der Waals surface area contributed by atoms with Gasteiger partial charge < -0.3 is 9.73 Å². The minimum atomic E-state index is -0.395. The van der Waals surface area contributed by atoms with Gasteiger partial charge in [-0.3, -0.25) is 19.3 Å². The van der Waals surface area contributed by atoms with Crippen molar-refractivity contribution in [2.24, 2.45) is 0 Å². The second-order valence-corrected chi connectivity index (χ2v) is 8.69. The molecule has 0 spiro atoms. The summed E-state index contributed by atoms with van der Waals surface area (Å²) < 4.78 is 7.45. The van der Waals surface area contributed by atoms with E-state index in [0.717, 1.165) is 16.2 Å². The smallest absolute Gasteiger partial charge is 0.261 e. The summed E-state index contributed by atoms with van der Waals surface area (Å²) in [5.41, 5.74) is 3.39. The van der Waals surface area contributed by atoms with E-state index in [1.165, 1.54) is 13.1 Å². The fourth-order valence-electron chi connectivity index (χ4n) is 4.24. The van der Waals surface area contributed by atoms with E-state index in [4.69, 9.17) is 9.40 Å². The summed E-state index contributed by atoms with van der Waals surface area (Å²) in [6.07, 6.45) is 1.63. The number of pyridine rings is 1. The lowest BCUT2D eigenvalue weighted by molar-refractivity contribution is 0.0692. The summed E-state index contributed by atoms with van der Waals surface area (Å²) in [6.45, 7) is 7.70. The molecule has 3 aromatic heterocycles. The fraction of sp³-hybridized carbons (Fsp3) is 0.240. The van der Waals surface area contributed by atoms with Crippen LogP contribution in [0.15, 0.2) is 40.9 Å². The zero-order valence-corrected chi connectivity index (χ0v) is 19.5. The number of hydrogen-bond acceptors (Lipinski definition) is 6. The topological polar surface area (TPSA) is 110 Å². The third kappa shape index (κ3) is 3.28. The number of imide groups is 1. The number of furan rings is 1. The third-order valence-corrected chi connectivity index (χ3v) is 5.96. The molecule has 0 saturated carbocycles. The molecule has 4 heterocycles. The molecule has 172 valence electrons. The van der Waals surface area contributed by atoms with Crippen LogP contribution in [0.25, 0.3) is 22.3 Å². The normalized spacial score (nSPS) is 13.3. The minimum Gasteiger partial charge on any atom is -0.466 e. The monoisotopic (exact) mass is 457 g/mol. The molecule has 0 atom stereocenters. The molecule has 4 aromatic rings. The van der Waals surface area contributed by atoms with Gasteiger partial charge in [-0.1, -0.05) is 0 Å². The van der Waals surface area contributed by atoms with E-state index in [-0.39, 0.29) is 23.4 Å². The van der Waals surface area contributed by atoms with Crippen molar-refractivity contribution >= 4 is 34.4 Å². The Kier molecular flexibility index (Phi) is 4.85. The van der Waals surface area contributed by atoms with Gasteiger partial charge in [0.25, 0.3) is 17.7 Å². The molecule has 34 heavy (non-hydrogen) atoms. The predicted octanol–water partition coefficient (Wildman–Crippen LogP) is 4.37. The van der Waals surface area contributed by atoms with E-state index in [9.17, 15) is 14.4 Å². The second-order valence-electron chi connectivity index (χ2n) is 8.69. The molecular weight excluding hydrogens is 434 g/mol. The lowest BCUT2D eigenvalue weighted by atomic mass is 10.1. The van der Waals surface area contributed by atoms with Crippen LogP contribution >= 0.6 is 0 Å². The van der Waals surface area contributed by atoms with Crippen LogP contribution in [0.1, 0.15) is 62.5 Å². The highest BCUT2D eigenvalue weighted by Crippen LogP contribution is 2.31. The second kappa shape index (κ2) is 7.65. The van der Waals surface area contributed by atoms with Gasteiger partial charge in [-0.2, -0.15) is 5.10 Å². The lowest BCUT2D eigenvalue weighted by Crippen LogP contribution is -2.24. The Labute approximate surface area is 195 Å². The first-order valence-electron chi connectivity index (χ1n) is 10.9. The molecule has 9 nitrogen and oxygen atoms in total. The van der Waals surface area contributed by atoms with Gasteiger partial charge in [0.2, 0.25) is 0 Å². The van der Waals surface area contributed by atoms with Crippen molar-refractivity contribution in [3.8, 4) is 11.3 Å². The number of amides is 3. The molecule has 5 rings (SSSR count). The number of benzene rings is 1. The lowest BCUT2D eigenvalue weighted by Gasteiger charge is -2.11. The van der Waals surface area contributed by atoms with Crippen molar-refractivity contribution in [3.05, 3.63) is 64.7 Å². The van der Waals surface area contributed by atoms with Crippen LogP contribution in [0, 0.1) is 13.8 Å². The Morgan fingerprint density at radius 2 is 1.76 bits per heavy atom. The van der Waals surface area contributed by atoms with Crippen LogP contribution < -0.4 is 5.32 Å². The van der Waals surface area contributed by atoms with Crippen LogP contribution in [-0.4, -0.2) is 44.4 Å². The Morgan fingerprint density at radius 3 is 2.44 bits per heavy atom. The average molecular weight is 457 g/mol. The summed E-state index contributed by atoms with van der Waals surface area (Å²) in [7, 11) is 1.43. The highest BCUT2D eigenvalue weighted by atomic mass is 16.3. The third-order valence-electron chi connectivity index (χ3n) is 5.96. The molecule has 1 aliphatic rings. The molecule has 1 aliphatic heterocycles. The minimum absolute atomic E-state index is 0.0422. The SMILES string of the molecule is Cc1cc(-c2cc(C(=O)Nc3ccc4c(c3)C(=O)N(C)C4=O)c3cnn(C(C)C)c3n2)c(C)o1. The number of aryl methyl sites for hydroxylation is 2. The fourth-order valence-corrected chi connectivity index (χ4v) is 4.24. The standard InChI is InChI=1S/C25H23N5O4/c1-12(2)30-22-20(11-26-30)18(10-21(28-22)17-8-13(3)34-14(17)4)23(31)27-15-6-7-16-19(9-15)25(33)29(5)24(16)32/h6-12H,1-5H3,(H,27,31). The van der Waals surface area contributed by atoms with E-state index in [0.29, 0.717) is 39.3 Å². The van der Waals surface area contributed by atoms with Gasteiger partial charge >= 0.3 is 0 Å². The molecule has 1 N–H and O–H groups in total. The van der Waals surface area contributed by atoms with E-state index >= 15 is 0 Å². The Morgan fingerprint density at radius 1 is 1.03 bits per heavy atom. The summed E-state index contributed by atoms with van der Waals surface area (Å²) in [6, 6.07) is 8.34. The number of anilines is 1. The zero-order chi connectivity index (χ0) is 24.3. The molecule has 1 aromatic carbocycles. The van der Waals surface area contributed by atoms with Crippen LogP contribution in [0.5, 0.6) is 0 Å². The number of carbonyl (C=O) groups is 3. The van der Waals surface area contributed by atoms with E-state index in [1.54, 1.807) is 29.1 Å². The van der Waals surface area contributed by atoms with Gasteiger partial charge in [0.05, 0.1) is 34.0 Å². The maximum atomic E-state index is 13.4. The van der Waals surface area contributed by atoms with Crippen molar-refractivity contribution in [1.82, 2.24) is 19.7 Å². The maximum Gasteiger partial charge on any atom is 0.261 e. The summed E-state index contributed by atoms with van der Waals surface area (Å²) in [4.78, 5) is 43.8. The molecule has 0 bridgehead atoms. The molecular formula is C25H23N5O4. The molecule has 0 unspecified atom stereocenters. The van der Waals surface area contributed by atoms with Crippen molar-refractivity contribution in [2.45, 2.75) is 33.7 Å². The van der Waals surface area contributed by atoms with Crippen LogP contribution in [0.3, 0.4) is 0 Å². The average Bonchev–Trinajstić information content (AvgIpc) is 3.44. The number of nitrogens with zero attached hydrogens (tertiary/aromatic N) is 4. The van der Waals surface area contributed by atoms with Gasteiger partial charge in [0.1, 0.15) is 11.5 Å². The number of hydrogen-bond donors (Lipinski definition) is 1. The maximum absolute atomic E-state index is 13.4. The van der Waals surface area contributed by atoms with Gasteiger partial charge in [0.15, 0.2) is 5.65 Å². The highest BCUT2D eigenvalue weighted by molar-refractivity contribution is 6.22. The van der Waals surface area contributed by atoms with Gasteiger partial charge in [-0.25, -0.2) is 9.67 Å². The Balaban J connectivity index is 1.59. The Bertz CT molecular complexity index is 1510. The van der Waals surface area contributed by atoms with Crippen molar-refractivity contribution in [1.29, 1.82) is 0 Å². The van der Waals surface area contributed by atoms with Crippen molar-refractivity contribution in [2.75, 3.05) is 12.4 Å². The summed E-state index contributed by atoms with van der Waals surface area (Å²) in [5.74, 6) is 0.330. The van der Waals surface area contributed by atoms with E-state index < -0.39 is 5.91 Å². The first-order chi connectivity index (χ1) is 16.2. The van der Waals surface area contributed by atoms with Crippen LogP contribution in [0.4, 0.5) is 5.69 Å². The van der Waals surface area contributed by atoms with Gasteiger partial charge in [-0.15, -0.1) is 0 Å². The molecule has 9 heteroatoms. The number of nitrogens with one attached hydrogen (secondary N) is 1. The molecule has 0 aliphatic carbocycles. The molecule has 0 saturated heterocycles. The van der Waals surface area contributed by atoms with Crippen molar-refractivity contribution in [3.63, 3.8) is 0 Å². The summed E-state index contributed by atoms with van der Waals surface area (Å²) in [5, 5.41) is 7.91. The van der Waals surface area contributed by atoms with Crippen LogP contribution in [-0.2, 0) is 0 Å². The summed E-state index contributed by atoms with van der Waals surface area (Å²) >= 11 is 0. The largest absolute Gasteiger partial charge is 0.466 e. The first kappa shape index (κ1) is 21.6. The number of aromatic nitrogens is 3. The number of fused-ring (bicyclic) bond motifs is 2. The predicted molar refractivity (Wildman–Crippen MR) is 126 cm³/mol. The van der Waals surface area contributed by atoms with Crippen LogP contribution in [0.2, 0.25) is 0 Å². The molecule has 0 fully saturated rings. The molecule has 3 amide bonds. The zero-order valence-electron chi connectivity index (χ0n) is 19.5. The first-order valence-corrected chi connectivity index (χ1v) is 10.9. The number of carbonyl (C=O) groups excluding carboxylic acids is 3. The van der Waals surface area contributed by atoms with Gasteiger partial charge in [-0.05, 0) is 58.0 Å². The quantitative estimate of drug-likeness (QED) is 0.456. The number of rotatable bonds is 4. The Hall–Kier alpha value is -4.27. The van der Waals surface area contributed by atoms with Gasteiger partial charge in [0, 0.05) is 24.3 Å². The highest BCUT2D eigenvalue weighted by Gasteiger charge is 2.33. The van der Waals surface area contributed by atoms with E-state index in [2.05, 4.69) is 10.4 Å².